The molecule has 1 fully saturated rings. The van der Waals surface area contributed by atoms with Crippen molar-refractivity contribution in [1.82, 2.24) is 0 Å². The van der Waals surface area contributed by atoms with Gasteiger partial charge in [-0.1, -0.05) is 11.8 Å². The van der Waals surface area contributed by atoms with E-state index in [1.54, 1.807) is 25.8 Å². The van der Waals surface area contributed by atoms with Crippen molar-refractivity contribution in [3.63, 3.8) is 0 Å². The molecule has 0 aliphatic carbocycles. The average molecular weight is 280 g/mol. The number of aliphatic imine (C=N–C) groups is 1. The van der Waals surface area contributed by atoms with Gasteiger partial charge in [0.05, 0.1) is 13.7 Å². The molecule has 0 unspecified atom stereocenters. The van der Waals surface area contributed by atoms with Crippen LogP contribution in [0.4, 0.5) is 10.5 Å². The lowest BCUT2D eigenvalue weighted by molar-refractivity contribution is 0.163. The van der Waals surface area contributed by atoms with Crippen LogP contribution in [0.25, 0.3) is 0 Å². The predicted octanol–water partition coefficient (Wildman–Crippen LogP) is 2.76. The van der Waals surface area contributed by atoms with Crippen molar-refractivity contribution < 1.29 is 14.3 Å². The molecule has 6 heteroatoms. The highest BCUT2D eigenvalue weighted by molar-refractivity contribution is 8.14. The fraction of sp³-hybridized carbons (Fsp3) is 0.385. The Morgan fingerprint density at radius 3 is 2.79 bits per heavy atom. The molecule has 0 N–H and O–H groups in total. The molecule has 102 valence electrons. The van der Waals surface area contributed by atoms with E-state index >= 15 is 0 Å². The topological polar surface area (TPSA) is 51.1 Å². The van der Waals surface area contributed by atoms with Crippen LogP contribution >= 0.6 is 11.8 Å². The predicted molar refractivity (Wildman–Crippen MR) is 77.3 cm³/mol. The van der Waals surface area contributed by atoms with Crippen molar-refractivity contribution >= 4 is 28.7 Å². The van der Waals surface area contributed by atoms with Crippen LogP contribution in [0.5, 0.6) is 5.75 Å². The van der Waals surface area contributed by atoms with Gasteiger partial charge in [0, 0.05) is 18.0 Å². The van der Waals surface area contributed by atoms with E-state index in [1.807, 2.05) is 29.2 Å². The number of rotatable bonds is 3. The standard InChI is InChI=1S/C13H16N2O3S/c1-3-18-13(16)14-12-15(8-9-19-12)10-4-6-11(17-2)7-5-10/h4-7H,3,8-9H2,1-2H3/b14-12-. The maximum atomic E-state index is 11.4. The fourth-order valence-corrected chi connectivity index (χ4v) is 2.68. The molecule has 2 rings (SSSR count). The molecule has 0 aromatic heterocycles. The van der Waals surface area contributed by atoms with Gasteiger partial charge in [0.1, 0.15) is 5.75 Å². The molecule has 1 aliphatic heterocycles. The van der Waals surface area contributed by atoms with E-state index in [1.165, 1.54) is 0 Å². The number of methoxy groups -OCH3 is 1. The summed E-state index contributed by atoms with van der Waals surface area (Å²) in [4.78, 5) is 17.4. The number of nitrogens with zero attached hydrogens (tertiary/aromatic N) is 2. The van der Waals surface area contributed by atoms with Crippen molar-refractivity contribution in [3.8, 4) is 5.75 Å². The van der Waals surface area contributed by atoms with E-state index in [9.17, 15) is 4.79 Å². The van der Waals surface area contributed by atoms with E-state index in [0.717, 1.165) is 23.7 Å². The summed E-state index contributed by atoms with van der Waals surface area (Å²) in [5.41, 5.74) is 0.994. The first-order chi connectivity index (χ1) is 9.24. The molecular weight excluding hydrogens is 264 g/mol. The Morgan fingerprint density at radius 2 is 2.16 bits per heavy atom. The maximum Gasteiger partial charge on any atom is 0.436 e. The lowest BCUT2D eigenvalue weighted by Gasteiger charge is -2.17. The van der Waals surface area contributed by atoms with E-state index in [4.69, 9.17) is 9.47 Å². The Kier molecular flexibility index (Phi) is 4.68. The highest BCUT2D eigenvalue weighted by Crippen LogP contribution is 2.27. The summed E-state index contributed by atoms with van der Waals surface area (Å²) in [7, 11) is 1.63. The zero-order valence-electron chi connectivity index (χ0n) is 11.0. The number of amides is 1. The van der Waals surface area contributed by atoms with E-state index in [0.29, 0.717) is 11.8 Å². The van der Waals surface area contributed by atoms with E-state index in [2.05, 4.69) is 4.99 Å². The van der Waals surface area contributed by atoms with Crippen molar-refractivity contribution in [1.29, 1.82) is 0 Å². The maximum absolute atomic E-state index is 11.4. The van der Waals surface area contributed by atoms with Gasteiger partial charge in [-0.05, 0) is 31.2 Å². The summed E-state index contributed by atoms with van der Waals surface area (Å²) in [5, 5.41) is 0.684. The summed E-state index contributed by atoms with van der Waals surface area (Å²) in [6.45, 7) is 2.93. The first-order valence-electron chi connectivity index (χ1n) is 6.04. The molecule has 0 bridgehead atoms. The van der Waals surface area contributed by atoms with Crippen LogP contribution in [0.1, 0.15) is 6.92 Å². The van der Waals surface area contributed by atoms with Gasteiger partial charge >= 0.3 is 6.09 Å². The summed E-state index contributed by atoms with van der Waals surface area (Å²) in [5.74, 6) is 1.71. The number of hydrogen-bond donors (Lipinski definition) is 0. The molecule has 1 aromatic carbocycles. The SMILES string of the molecule is CCOC(=O)/N=C1\SCCN1c1ccc(OC)cc1. The minimum atomic E-state index is -0.537. The Hall–Kier alpha value is -1.69. The van der Waals surface area contributed by atoms with Crippen LogP contribution in [-0.4, -0.2) is 37.3 Å². The number of anilines is 1. The number of ether oxygens (including phenoxy) is 2. The molecule has 0 atom stereocenters. The van der Waals surface area contributed by atoms with Crippen LogP contribution in [0.3, 0.4) is 0 Å². The third kappa shape index (κ3) is 3.41. The van der Waals surface area contributed by atoms with Gasteiger partial charge in [-0.2, -0.15) is 4.99 Å². The Morgan fingerprint density at radius 1 is 1.42 bits per heavy atom. The molecule has 0 spiro atoms. The van der Waals surface area contributed by atoms with Gasteiger partial charge in [0.2, 0.25) is 0 Å². The number of carbonyl (C=O) groups is 1. The Bertz CT molecular complexity index is 473. The van der Waals surface area contributed by atoms with Crippen LogP contribution < -0.4 is 9.64 Å². The number of carbonyl (C=O) groups excluding carboxylic acids is 1. The molecule has 1 saturated heterocycles. The molecule has 0 saturated carbocycles. The molecule has 0 radical (unpaired) electrons. The highest BCUT2D eigenvalue weighted by atomic mass is 32.2. The minimum absolute atomic E-state index is 0.336. The van der Waals surface area contributed by atoms with E-state index in [-0.39, 0.29) is 0 Å². The average Bonchev–Trinajstić information content (AvgIpc) is 2.87. The molecule has 1 amide bonds. The zero-order valence-corrected chi connectivity index (χ0v) is 11.8. The normalized spacial score (nSPS) is 16.7. The van der Waals surface area contributed by atoms with Gasteiger partial charge in [-0.15, -0.1) is 0 Å². The Labute approximate surface area is 116 Å². The summed E-state index contributed by atoms with van der Waals surface area (Å²) < 4.78 is 9.97. The van der Waals surface area contributed by atoms with Gasteiger partial charge in [-0.3, -0.25) is 0 Å². The lowest BCUT2D eigenvalue weighted by atomic mass is 10.3. The summed E-state index contributed by atoms with van der Waals surface area (Å²) >= 11 is 1.55. The largest absolute Gasteiger partial charge is 0.497 e. The fourth-order valence-electron chi connectivity index (χ4n) is 1.73. The third-order valence-corrected chi connectivity index (χ3v) is 3.57. The van der Waals surface area contributed by atoms with Crippen LogP contribution in [0, 0.1) is 0 Å². The third-order valence-electron chi connectivity index (χ3n) is 2.62. The van der Waals surface area contributed by atoms with Gasteiger partial charge in [-0.25, -0.2) is 4.79 Å². The number of hydrogen-bond acceptors (Lipinski definition) is 4. The second-order valence-corrected chi connectivity index (χ2v) is 4.85. The molecule has 1 aliphatic rings. The molecule has 1 heterocycles. The van der Waals surface area contributed by atoms with Crippen molar-refractivity contribution in [2.24, 2.45) is 4.99 Å². The highest BCUT2D eigenvalue weighted by Gasteiger charge is 2.22. The smallest absolute Gasteiger partial charge is 0.436 e. The summed E-state index contributed by atoms with van der Waals surface area (Å²) in [6.07, 6.45) is -0.537. The van der Waals surface area contributed by atoms with Crippen molar-refractivity contribution in [2.45, 2.75) is 6.92 Å². The van der Waals surface area contributed by atoms with E-state index < -0.39 is 6.09 Å². The van der Waals surface area contributed by atoms with Crippen molar-refractivity contribution in [2.75, 3.05) is 30.9 Å². The first kappa shape index (κ1) is 13.7. The van der Waals surface area contributed by atoms with Gasteiger partial charge in [0.25, 0.3) is 0 Å². The molecule has 5 nitrogen and oxygen atoms in total. The number of thioether (sulfide) groups is 1. The Balaban J connectivity index is 2.15. The van der Waals surface area contributed by atoms with Crippen LogP contribution in [-0.2, 0) is 4.74 Å². The minimum Gasteiger partial charge on any atom is -0.497 e. The summed E-state index contributed by atoms with van der Waals surface area (Å²) in [6, 6.07) is 7.68. The second-order valence-electron chi connectivity index (χ2n) is 3.79. The molecular formula is C13H16N2O3S. The second kappa shape index (κ2) is 6.47. The first-order valence-corrected chi connectivity index (χ1v) is 7.03. The van der Waals surface area contributed by atoms with Crippen LogP contribution in [0.15, 0.2) is 29.3 Å². The zero-order chi connectivity index (χ0) is 13.7. The van der Waals surface area contributed by atoms with Crippen LogP contribution in [0.2, 0.25) is 0 Å². The number of amidine groups is 1. The lowest BCUT2D eigenvalue weighted by Crippen LogP contribution is -2.24. The quantitative estimate of drug-likeness (QED) is 0.852. The van der Waals surface area contributed by atoms with Gasteiger partial charge < -0.3 is 14.4 Å². The van der Waals surface area contributed by atoms with Gasteiger partial charge in [0.15, 0.2) is 5.17 Å². The molecule has 1 aromatic rings. The monoisotopic (exact) mass is 280 g/mol. The molecule has 19 heavy (non-hydrogen) atoms. The van der Waals surface area contributed by atoms with Crippen molar-refractivity contribution in [3.05, 3.63) is 24.3 Å². The number of benzene rings is 1.